The van der Waals surface area contributed by atoms with Gasteiger partial charge in [-0.3, -0.25) is 0 Å². The maximum atomic E-state index is 2.49. The molecule has 0 unspecified atom stereocenters. The molecule has 5 aromatic carbocycles. The maximum Gasteiger partial charge on any atom is 0.212 e. The van der Waals surface area contributed by atoms with Gasteiger partial charge in [0.25, 0.3) is 0 Å². The molecule has 117 heavy (non-hydrogen) atoms. The Bertz CT molecular complexity index is 5100. The quantitative estimate of drug-likeness (QED) is 0.0603. The molecule has 5 aromatic heterocycles. The van der Waals surface area contributed by atoms with E-state index < -0.39 is 40.4 Å². The van der Waals surface area contributed by atoms with Gasteiger partial charge in [-0.2, -0.15) is 0 Å². The van der Waals surface area contributed by atoms with Gasteiger partial charge in [0.15, 0.2) is 31.0 Å². The highest BCUT2D eigenvalue weighted by Crippen LogP contribution is 2.33. The Hall–Kier alpha value is -7.07. The van der Waals surface area contributed by atoms with Gasteiger partial charge < -0.3 is 0 Å². The zero-order valence-corrected chi connectivity index (χ0v) is 87.5. The molecule has 5 heterocycles. The number of hydrogen-bond acceptors (Lipinski definition) is 0. The van der Waals surface area contributed by atoms with E-state index in [2.05, 4.69) is 468 Å². The van der Waals surface area contributed by atoms with E-state index in [1.54, 1.807) is 25.9 Å². The molecule has 5 nitrogen and oxygen atoms in total. The van der Waals surface area contributed by atoms with E-state index >= 15 is 0 Å². The minimum atomic E-state index is -1.40. The molecule has 10 aromatic rings. The van der Waals surface area contributed by atoms with Crippen LogP contribution in [0.3, 0.4) is 0 Å². The lowest BCUT2D eigenvalue weighted by atomic mass is 9.85. The number of aromatic nitrogens is 5. The van der Waals surface area contributed by atoms with Gasteiger partial charge in [0.05, 0.1) is 40.4 Å². The van der Waals surface area contributed by atoms with Crippen LogP contribution in [0.5, 0.6) is 0 Å². The van der Waals surface area contributed by atoms with E-state index in [-0.39, 0.29) is 5.41 Å². The topological polar surface area (TPSA) is 19.4 Å². The minimum absolute atomic E-state index is 0.197. The highest BCUT2D eigenvalue weighted by atomic mass is 28.3. The van der Waals surface area contributed by atoms with E-state index in [1.165, 1.54) is 140 Å². The summed E-state index contributed by atoms with van der Waals surface area (Å²) >= 11 is 0. The Labute approximate surface area is 722 Å². The number of aryl methyl sites for hydroxylation is 13. The smallest absolute Gasteiger partial charge is 0.201 e. The molecule has 0 amide bonds. The summed E-state index contributed by atoms with van der Waals surface area (Å²) in [6.07, 6.45) is 14.0. The largest absolute Gasteiger partial charge is 0.212 e. The summed E-state index contributed by atoms with van der Waals surface area (Å²) in [6, 6.07) is 46.9. The highest BCUT2D eigenvalue weighted by Gasteiger charge is 2.33. The van der Waals surface area contributed by atoms with Crippen molar-refractivity contribution in [3.05, 3.63) is 236 Å². The molecular weight excluding hydrogens is 1500 g/mol. The molecule has 0 aliphatic carbocycles. The Morgan fingerprint density at radius 1 is 0.265 bits per heavy atom. The molecule has 0 saturated heterocycles. The third-order valence-corrected chi connectivity index (χ3v) is 33.9. The van der Waals surface area contributed by atoms with Gasteiger partial charge in [-0.05, 0) is 215 Å². The van der Waals surface area contributed by atoms with Gasteiger partial charge >= 0.3 is 0 Å². The van der Waals surface area contributed by atoms with Crippen LogP contribution in [-0.2, 0) is 53.5 Å². The van der Waals surface area contributed by atoms with Gasteiger partial charge in [0.2, 0.25) is 28.5 Å². The van der Waals surface area contributed by atoms with E-state index in [4.69, 9.17) is 0 Å². The molecule has 0 bridgehead atoms. The SMILES string of the molecule is Cc1cc(C(C)(C)C)ccc1-c1cc([Si](C)(C)C)c(C)c[n+]1C.Cc1cc(CC(C)C)ccc1-c1cc([Si](C)(C)C)c(C)c[n+]1C.Cc1ccc(C(C)C)cc1-c1cc([Si](C)(C)C)c(C(C)C)c[n+]1C.Cc1ccc(C)c(-c2cc([Si](C)(C)C)c(C(C)C)c[n+]2C)c1.Cc1ccc(CC(C)C)cc1-c1cc([Si](C)(C)C)c(C(C)C)c[n+]1C. The fraction of sp³-hybridized carbons (Fsp3) is 0.486. The third-order valence-electron chi connectivity index (χ3n) is 23.4. The lowest BCUT2D eigenvalue weighted by Gasteiger charge is -2.23. The summed E-state index contributed by atoms with van der Waals surface area (Å²) in [7, 11) is 4.06. The molecule has 0 saturated carbocycles. The zero-order chi connectivity index (χ0) is 88.8. The van der Waals surface area contributed by atoms with Crippen molar-refractivity contribution in [1.29, 1.82) is 0 Å². The van der Waals surface area contributed by atoms with Crippen molar-refractivity contribution < 1.29 is 22.8 Å². The Kier molecular flexibility index (Phi) is 33.5. The van der Waals surface area contributed by atoms with Gasteiger partial charge in [-0.25, -0.2) is 22.8 Å². The van der Waals surface area contributed by atoms with Crippen molar-refractivity contribution in [3.63, 3.8) is 0 Å². The van der Waals surface area contributed by atoms with Gasteiger partial charge in [-0.15, -0.1) is 0 Å². The van der Waals surface area contributed by atoms with Crippen LogP contribution in [0.25, 0.3) is 56.3 Å². The molecule has 10 rings (SSSR count). The maximum absolute atomic E-state index is 2.49. The Balaban J connectivity index is 0.000000227. The van der Waals surface area contributed by atoms with E-state index in [9.17, 15) is 0 Å². The summed E-state index contributed by atoms with van der Waals surface area (Å²) in [5.41, 5.74) is 34.9. The Morgan fingerprint density at radius 2 is 0.556 bits per heavy atom. The predicted octanol–water partition coefficient (Wildman–Crippen LogP) is 24.3. The first-order valence-corrected chi connectivity index (χ1v) is 61.8. The van der Waals surface area contributed by atoms with Gasteiger partial charge in [0.1, 0.15) is 35.2 Å². The first-order valence-electron chi connectivity index (χ1n) is 44.3. The highest BCUT2D eigenvalue weighted by molar-refractivity contribution is 6.91. The normalized spacial score (nSPS) is 12.2. The molecule has 0 radical (unpaired) electrons. The van der Waals surface area contributed by atoms with Crippen LogP contribution in [0.1, 0.15) is 211 Å². The van der Waals surface area contributed by atoms with Crippen LogP contribution < -0.4 is 48.8 Å². The summed E-state index contributed by atoms with van der Waals surface area (Å²) in [4.78, 5) is 0. The average molecular weight is 1660 g/mol. The summed E-state index contributed by atoms with van der Waals surface area (Å²) in [5, 5.41) is 7.92. The van der Waals surface area contributed by atoms with Crippen molar-refractivity contribution in [2.75, 3.05) is 0 Å². The predicted molar refractivity (Wildman–Crippen MR) is 530 cm³/mol. The summed E-state index contributed by atoms with van der Waals surface area (Å²) in [6.45, 7) is 88.8. The zero-order valence-electron chi connectivity index (χ0n) is 82.5. The van der Waals surface area contributed by atoms with E-state index in [1.807, 2.05) is 0 Å². The van der Waals surface area contributed by atoms with E-state index in [0.29, 0.717) is 35.5 Å². The molecule has 0 spiro atoms. The molecule has 632 valence electrons. The first kappa shape index (κ1) is 98.8. The van der Waals surface area contributed by atoms with Crippen molar-refractivity contribution in [1.82, 2.24) is 0 Å². The number of pyridine rings is 5. The van der Waals surface area contributed by atoms with Crippen LogP contribution in [0.15, 0.2) is 152 Å². The first-order chi connectivity index (χ1) is 53.6. The van der Waals surface area contributed by atoms with Crippen LogP contribution >= 0.6 is 0 Å². The molecular formula is C107H164N5Si5+5. The molecule has 0 N–H and O–H groups in total. The monoisotopic (exact) mass is 1660 g/mol. The number of rotatable bonds is 18. The molecule has 0 atom stereocenters. The van der Waals surface area contributed by atoms with E-state index in [0.717, 1.165) is 12.8 Å². The molecule has 0 fully saturated rings. The fourth-order valence-electron chi connectivity index (χ4n) is 16.7. The van der Waals surface area contributed by atoms with Gasteiger partial charge in [-0.1, -0.05) is 268 Å². The summed E-state index contributed by atoms with van der Waals surface area (Å²) < 4.78 is 11.5. The number of benzene rings is 5. The van der Waals surface area contributed by atoms with Crippen LogP contribution in [0.4, 0.5) is 0 Å². The van der Waals surface area contributed by atoms with Crippen molar-refractivity contribution in [3.8, 4) is 56.3 Å². The molecule has 0 aliphatic heterocycles. The van der Waals surface area contributed by atoms with Crippen molar-refractivity contribution >= 4 is 66.3 Å². The van der Waals surface area contributed by atoms with Crippen molar-refractivity contribution in [2.45, 2.75) is 299 Å². The Morgan fingerprint density at radius 3 is 0.880 bits per heavy atom. The average Bonchev–Trinajstić information content (AvgIpc) is 0.786. The number of hydrogen-bond donors (Lipinski definition) is 0. The second-order valence-corrected chi connectivity index (χ2v) is 68.4. The van der Waals surface area contributed by atoms with Crippen LogP contribution in [0, 0.1) is 67.2 Å². The second kappa shape index (κ2) is 39.6. The molecule has 0 aliphatic rings. The fourth-order valence-corrected chi connectivity index (χ4v) is 25.7. The third kappa shape index (κ3) is 26.2. The number of nitrogens with zero attached hydrogens (tertiary/aromatic N) is 5. The van der Waals surface area contributed by atoms with Crippen LogP contribution in [0.2, 0.25) is 98.2 Å². The minimum Gasteiger partial charge on any atom is -0.201 e. The van der Waals surface area contributed by atoms with Gasteiger partial charge in [0, 0.05) is 86.0 Å². The van der Waals surface area contributed by atoms with Crippen LogP contribution in [-0.4, -0.2) is 40.4 Å². The lowest BCUT2D eigenvalue weighted by Crippen LogP contribution is -2.45. The van der Waals surface area contributed by atoms with Crippen molar-refractivity contribution in [2.24, 2.45) is 47.1 Å². The standard InChI is InChI=1S/C23H36NSi.C22H34NSi.2C21H32NSi.C20H30NSi/c1-16(2)12-19-11-10-18(5)20(13-19)22-14-23(25(7,8)9)21(17(3)4)15-24(22)6;1-15(2)18-11-10-17(5)19(12-18)21-13-22(24(7,8)9)20(16(3)4)14-23(21)6;1-15-12-17(21(3,4)5)10-11-18(15)19-13-20(23(7,8)9)16(2)14-22(19)6;1-15(2)11-18-9-10-19(16(3)12-18)20-13-21(23(6,7)8)17(4)14-22(20)5;1-14(2)18-13-21(5)19(12-20(18)22(6,7)8)17-11-15(3)9-10-16(17)4/h10-11,13-17H,12H2,1-9H3;10-16H,1-9H3;10-14H,1-9H3;9-10,12-15H,11H2,1-8H3;9-14H,1-8H3/q5*+1. The summed E-state index contributed by atoms with van der Waals surface area (Å²) in [5.74, 6) is 3.64. The second-order valence-electron chi connectivity index (χ2n) is 43.2. The molecule has 10 heteroatoms. The lowest BCUT2D eigenvalue weighted by molar-refractivity contribution is -0.660.